The summed E-state index contributed by atoms with van der Waals surface area (Å²) in [6.45, 7) is 2.73. The van der Waals surface area contributed by atoms with Crippen LogP contribution in [0.1, 0.15) is 29.3 Å². The summed E-state index contributed by atoms with van der Waals surface area (Å²) in [4.78, 5) is 4.65. The Morgan fingerprint density at radius 3 is 2.35 bits per heavy atom. The van der Waals surface area contributed by atoms with Crippen LogP contribution in [-0.4, -0.2) is 9.38 Å². The second-order valence-electron chi connectivity index (χ2n) is 5.09. The Morgan fingerprint density at radius 2 is 1.65 bits per heavy atom. The molecule has 3 heteroatoms. The molecule has 0 saturated heterocycles. The molecule has 0 spiro atoms. The molecule has 0 aliphatic rings. The van der Waals surface area contributed by atoms with Gasteiger partial charge in [0.1, 0.15) is 5.65 Å². The smallest absolute Gasteiger partial charge is 0.137 e. The van der Waals surface area contributed by atoms with Crippen molar-refractivity contribution in [3.63, 3.8) is 0 Å². The van der Waals surface area contributed by atoms with E-state index >= 15 is 0 Å². The fourth-order valence-electron chi connectivity index (χ4n) is 2.40. The summed E-state index contributed by atoms with van der Waals surface area (Å²) in [6.07, 6.45) is 6.08. The molecular formula is C17H19N3. The molecule has 3 aromatic rings. The number of pyridine rings is 1. The van der Waals surface area contributed by atoms with Gasteiger partial charge >= 0.3 is 0 Å². The van der Waals surface area contributed by atoms with E-state index in [2.05, 4.69) is 46.8 Å². The van der Waals surface area contributed by atoms with E-state index in [9.17, 15) is 0 Å². The second-order valence-corrected chi connectivity index (χ2v) is 5.09. The number of aromatic nitrogens is 2. The molecule has 102 valence electrons. The fourth-order valence-corrected chi connectivity index (χ4v) is 2.40. The van der Waals surface area contributed by atoms with Crippen molar-refractivity contribution < 1.29 is 0 Å². The van der Waals surface area contributed by atoms with E-state index in [0.29, 0.717) is 6.54 Å². The van der Waals surface area contributed by atoms with Crippen LogP contribution in [-0.2, 0) is 19.4 Å². The number of benzene rings is 1. The summed E-state index contributed by atoms with van der Waals surface area (Å²) in [5, 5.41) is 0. The van der Waals surface area contributed by atoms with Crippen molar-refractivity contribution in [3.8, 4) is 0 Å². The Kier molecular flexibility index (Phi) is 3.52. The third kappa shape index (κ3) is 2.58. The van der Waals surface area contributed by atoms with Crippen LogP contribution in [0.3, 0.4) is 0 Å². The highest BCUT2D eigenvalue weighted by Gasteiger charge is 2.03. The lowest BCUT2D eigenvalue weighted by atomic mass is 10.1. The largest absolute Gasteiger partial charge is 0.326 e. The normalized spacial score (nSPS) is 11.1. The highest BCUT2D eigenvalue weighted by molar-refractivity contribution is 5.42. The van der Waals surface area contributed by atoms with Crippen LogP contribution in [0.5, 0.6) is 0 Å². The van der Waals surface area contributed by atoms with Crippen LogP contribution >= 0.6 is 0 Å². The molecule has 0 radical (unpaired) electrons. The standard InChI is InChI=1S/C17H19N3/c1-2-13-3-5-14(6-4-13)9-16-12-20-11-15(10-18)7-8-17(20)19-16/h3-8,11-12H,2,9-10,18H2,1H3. The summed E-state index contributed by atoms with van der Waals surface area (Å²) in [7, 11) is 0. The van der Waals surface area contributed by atoms with Crippen molar-refractivity contribution in [1.82, 2.24) is 9.38 Å². The topological polar surface area (TPSA) is 43.3 Å². The lowest BCUT2D eigenvalue weighted by molar-refractivity contribution is 1.03. The van der Waals surface area contributed by atoms with Gasteiger partial charge in [0.15, 0.2) is 0 Å². The van der Waals surface area contributed by atoms with E-state index in [1.807, 2.05) is 18.3 Å². The molecule has 1 aromatic carbocycles. The van der Waals surface area contributed by atoms with Crippen molar-refractivity contribution in [2.75, 3.05) is 0 Å². The number of hydrogen-bond donors (Lipinski definition) is 1. The zero-order chi connectivity index (χ0) is 13.9. The van der Waals surface area contributed by atoms with Crippen molar-refractivity contribution in [2.45, 2.75) is 26.3 Å². The van der Waals surface area contributed by atoms with Crippen LogP contribution in [0.4, 0.5) is 0 Å². The molecule has 0 saturated carbocycles. The number of imidazole rings is 1. The minimum Gasteiger partial charge on any atom is -0.326 e. The number of nitrogens with zero attached hydrogens (tertiary/aromatic N) is 2. The van der Waals surface area contributed by atoms with E-state index in [-0.39, 0.29) is 0 Å². The first-order chi connectivity index (χ1) is 9.78. The molecule has 0 aliphatic heterocycles. The van der Waals surface area contributed by atoms with Gasteiger partial charge in [-0.3, -0.25) is 0 Å². The van der Waals surface area contributed by atoms with Gasteiger partial charge in [0.2, 0.25) is 0 Å². The van der Waals surface area contributed by atoms with Crippen LogP contribution in [0.25, 0.3) is 5.65 Å². The van der Waals surface area contributed by atoms with Crippen LogP contribution in [0.2, 0.25) is 0 Å². The van der Waals surface area contributed by atoms with E-state index in [1.54, 1.807) is 0 Å². The first kappa shape index (κ1) is 12.9. The molecule has 0 amide bonds. The Hall–Kier alpha value is -2.13. The third-order valence-electron chi connectivity index (χ3n) is 3.61. The van der Waals surface area contributed by atoms with Crippen molar-refractivity contribution in [1.29, 1.82) is 0 Å². The van der Waals surface area contributed by atoms with Crippen molar-refractivity contribution in [2.24, 2.45) is 5.73 Å². The second kappa shape index (κ2) is 5.47. The first-order valence-corrected chi connectivity index (χ1v) is 7.03. The SMILES string of the molecule is CCc1ccc(Cc2cn3cc(CN)ccc3n2)cc1. The van der Waals surface area contributed by atoms with E-state index in [1.165, 1.54) is 11.1 Å². The average molecular weight is 265 g/mol. The molecular weight excluding hydrogens is 246 g/mol. The third-order valence-corrected chi connectivity index (χ3v) is 3.61. The first-order valence-electron chi connectivity index (χ1n) is 7.03. The van der Waals surface area contributed by atoms with Gasteiger partial charge < -0.3 is 10.1 Å². The zero-order valence-corrected chi connectivity index (χ0v) is 11.7. The predicted molar refractivity (Wildman–Crippen MR) is 81.7 cm³/mol. The van der Waals surface area contributed by atoms with Gasteiger partial charge in [-0.1, -0.05) is 37.3 Å². The molecule has 2 N–H and O–H groups in total. The van der Waals surface area contributed by atoms with Gasteiger partial charge in [0, 0.05) is 25.4 Å². The Bertz CT molecular complexity index is 711. The lowest BCUT2D eigenvalue weighted by Gasteiger charge is -2.00. The number of aryl methyl sites for hydroxylation is 1. The minimum atomic E-state index is 0.557. The molecule has 3 rings (SSSR count). The van der Waals surface area contributed by atoms with Gasteiger partial charge in [-0.05, 0) is 29.2 Å². The summed E-state index contributed by atoms with van der Waals surface area (Å²) < 4.78 is 2.05. The minimum absolute atomic E-state index is 0.557. The number of nitrogens with two attached hydrogens (primary N) is 1. The molecule has 2 heterocycles. The number of hydrogen-bond acceptors (Lipinski definition) is 2. The van der Waals surface area contributed by atoms with E-state index < -0.39 is 0 Å². The molecule has 0 atom stereocenters. The molecule has 2 aromatic heterocycles. The van der Waals surface area contributed by atoms with Crippen LogP contribution in [0, 0.1) is 0 Å². The zero-order valence-electron chi connectivity index (χ0n) is 11.7. The summed E-state index contributed by atoms with van der Waals surface area (Å²) in [5.41, 5.74) is 11.5. The monoisotopic (exact) mass is 265 g/mol. The molecule has 3 nitrogen and oxygen atoms in total. The summed E-state index contributed by atoms with van der Waals surface area (Å²) in [6, 6.07) is 12.8. The maximum absolute atomic E-state index is 5.66. The van der Waals surface area contributed by atoms with Crippen LogP contribution < -0.4 is 5.73 Å². The maximum Gasteiger partial charge on any atom is 0.137 e. The van der Waals surface area contributed by atoms with E-state index in [4.69, 9.17) is 5.73 Å². The molecule has 0 bridgehead atoms. The number of rotatable bonds is 4. The number of fused-ring (bicyclic) bond motifs is 1. The Labute approximate surface area is 119 Å². The summed E-state index contributed by atoms with van der Waals surface area (Å²) >= 11 is 0. The Balaban J connectivity index is 1.86. The fraction of sp³-hybridized carbons (Fsp3) is 0.235. The van der Waals surface area contributed by atoms with Crippen molar-refractivity contribution in [3.05, 3.63) is 71.2 Å². The maximum atomic E-state index is 5.66. The highest BCUT2D eigenvalue weighted by Crippen LogP contribution is 2.13. The average Bonchev–Trinajstić information content (AvgIpc) is 2.89. The molecule has 0 fully saturated rings. The quantitative estimate of drug-likeness (QED) is 0.788. The van der Waals surface area contributed by atoms with Gasteiger partial charge in [0.05, 0.1) is 5.69 Å². The van der Waals surface area contributed by atoms with Gasteiger partial charge in [-0.15, -0.1) is 0 Å². The Morgan fingerprint density at radius 1 is 0.950 bits per heavy atom. The molecule has 0 aliphatic carbocycles. The van der Waals surface area contributed by atoms with E-state index in [0.717, 1.165) is 29.7 Å². The van der Waals surface area contributed by atoms with Gasteiger partial charge in [0.25, 0.3) is 0 Å². The predicted octanol–water partition coefficient (Wildman–Crippen LogP) is 2.95. The van der Waals surface area contributed by atoms with Crippen molar-refractivity contribution >= 4 is 5.65 Å². The highest BCUT2D eigenvalue weighted by atomic mass is 15.0. The lowest BCUT2D eigenvalue weighted by Crippen LogP contribution is -1.97. The van der Waals surface area contributed by atoms with Crippen LogP contribution in [0.15, 0.2) is 48.8 Å². The molecule has 20 heavy (non-hydrogen) atoms. The summed E-state index contributed by atoms with van der Waals surface area (Å²) in [5.74, 6) is 0. The molecule has 0 unspecified atom stereocenters. The van der Waals surface area contributed by atoms with Gasteiger partial charge in [-0.25, -0.2) is 4.98 Å². The van der Waals surface area contributed by atoms with Gasteiger partial charge in [-0.2, -0.15) is 0 Å².